The first-order chi connectivity index (χ1) is 7.66. The second kappa shape index (κ2) is 4.06. The maximum atomic E-state index is 11.6. The molecule has 5 nitrogen and oxygen atoms in total. The standard InChI is InChI=1S/C11H11N3O2/c12-9(15)6-13-10-5-7-3-1-2-4-8(7)11(16)14-10/h1-5H,6H2,(H2,12,15)(H2,13,14,16). The predicted molar refractivity (Wildman–Crippen MR) is 62.3 cm³/mol. The number of hydrogen-bond acceptors (Lipinski definition) is 3. The van der Waals surface area contributed by atoms with Crippen LogP contribution in [0.2, 0.25) is 0 Å². The summed E-state index contributed by atoms with van der Waals surface area (Å²) in [5.41, 5.74) is 4.81. The molecule has 0 unspecified atom stereocenters. The van der Waals surface area contributed by atoms with E-state index in [-0.39, 0.29) is 12.1 Å². The highest BCUT2D eigenvalue weighted by molar-refractivity contribution is 5.84. The van der Waals surface area contributed by atoms with Crippen LogP contribution in [0.15, 0.2) is 35.1 Å². The highest BCUT2D eigenvalue weighted by Gasteiger charge is 2.01. The van der Waals surface area contributed by atoms with Gasteiger partial charge in [0.05, 0.1) is 6.54 Å². The van der Waals surface area contributed by atoms with Gasteiger partial charge >= 0.3 is 0 Å². The number of nitrogens with one attached hydrogen (secondary N) is 2. The molecule has 0 saturated carbocycles. The van der Waals surface area contributed by atoms with Crippen molar-refractivity contribution in [3.8, 4) is 0 Å². The molecule has 0 aliphatic heterocycles. The van der Waals surface area contributed by atoms with E-state index in [0.717, 1.165) is 5.39 Å². The lowest BCUT2D eigenvalue weighted by atomic mass is 10.2. The zero-order valence-corrected chi connectivity index (χ0v) is 8.49. The van der Waals surface area contributed by atoms with Gasteiger partial charge in [-0.25, -0.2) is 0 Å². The Morgan fingerprint density at radius 1 is 1.38 bits per heavy atom. The lowest BCUT2D eigenvalue weighted by Crippen LogP contribution is -2.23. The lowest BCUT2D eigenvalue weighted by Gasteiger charge is -2.04. The van der Waals surface area contributed by atoms with Gasteiger partial charge in [-0.15, -0.1) is 0 Å². The SMILES string of the molecule is NC(=O)CNc1cc2ccccc2c(=O)[nH]1. The first kappa shape index (κ1) is 10.2. The molecule has 5 heteroatoms. The molecule has 0 fully saturated rings. The smallest absolute Gasteiger partial charge is 0.257 e. The van der Waals surface area contributed by atoms with Crippen LogP contribution in [0.3, 0.4) is 0 Å². The van der Waals surface area contributed by atoms with E-state index in [1.165, 1.54) is 0 Å². The third-order valence-corrected chi connectivity index (χ3v) is 2.21. The van der Waals surface area contributed by atoms with Gasteiger partial charge in [0.2, 0.25) is 5.91 Å². The molecule has 16 heavy (non-hydrogen) atoms. The van der Waals surface area contributed by atoms with Crippen LogP contribution >= 0.6 is 0 Å². The number of aromatic nitrogens is 1. The van der Waals surface area contributed by atoms with Crippen LogP contribution < -0.4 is 16.6 Å². The molecule has 1 aromatic heterocycles. The average Bonchev–Trinajstić information content (AvgIpc) is 2.26. The van der Waals surface area contributed by atoms with Gasteiger partial charge in [0.1, 0.15) is 5.82 Å². The van der Waals surface area contributed by atoms with Crippen molar-refractivity contribution in [2.45, 2.75) is 0 Å². The molecule has 0 aliphatic carbocycles. The van der Waals surface area contributed by atoms with Crippen molar-refractivity contribution in [1.29, 1.82) is 0 Å². The van der Waals surface area contributed by atoms with E-state index in [1.54, 1.807) is 18.2 Å². The summed E-state index contributed by atoms with van der Waals surface area (Å²) in [5, 5.41) is 4.18. The first-order valence-corrected chi connectivity index (χ1v) is 4.81. The summed E-state index contributed by atoms with van der Waals surface area (Å²) >= 11 is 0. The van der Waals surface area contributed by atoms with Crippen molar-refractivity contribution < 1.29 is 4.79 Å². The molecule has 4 N–H and O–H groups in total. The summed E-state index contributed by atoms with van der Waals surface area (Å²) in [5.74, 6) is 0.0107. The van der Waals surface area contributed by atoms with E-state index in [9.17, 15) is 9.59 Å². The molecule has 0 aliphatic rings. The van der Waals surface area contributed by atoms with Crippen LogP contribution in [0.25, 0.3) is 10.8 Å². The Labute approximate surface area is 91.3 Å². The summed E-state index contributed by atoms with van der Waals surface area (Å²) in [7, 11) is 0. The number of aromatic amines is 1. The van der Waals surface area contributed by atoms with Crippen LogP contribution in [-0.2, 0) is 4.79 Å². The number of amides is 1. The zero-order chi connectivity index (χ0) is 11.5. The maximum absolute atomic E-state index is 11.6. The Balaban J connectivity index is 2.42. The van der Waals surface area contributed by atoms with Crippen LogP contribution in [0.4, 0.5) is 5.82 Å². The van der Waals surface area contributed by atoms with E-state index < -0.39 is 5.91 Å². The number of primary amides is 1. The molecule has 1 heterocycles. The summed E-state index contributed by atoms with van der Waals surface area (Å²) in [6.45, 7) is -0.00567. The van der Waals surface area contributed by atoms with E-state index in [1.807, 2.05) is 12.1 Å². The number of rotatable bonds is 3. The Bertz CT molecular complexity index is 589. The lowest BCUT2D eigenvalue weighted by molar-refractivity contribution is -0.116. The normalized spacial score (nSPS) is 10.2. The van der Waals surface area contributed by atoms with Crippen LogP contribution in [-0.4, -0.2) is 17.4 Å². The first-order valence-electron chi connectivity index (χ1n) is 4.81. The molecule has 0 spiro atoms. The number of hydrogen-bond donors (Lipinski definition) is 3. The van der Waals surface area contributed by atoms with Crippen LogP contribution in [0, 0.1) is 0 Å². The van der Waals surface area contributed by atoms with Crippen molar-refractivity contribution in [2.24, 2.45) is 5.73 Å². The minimum atomic E-state index is -0.478. The molecule has 1 amide bonds. The van der Waals surface area contributed by atoms with Gasteiger partial charge in [0, 0.05) is 5.39 Å². The van der Waals surface area contributed by atoms with Crippen molar-refractivity contribution in [3.05, 3.63) is 40.7 Å². The second-order valence-corrected chi connectivity index (χ2v) is 3.42. The van der Waals surface area contributed by atoms with E-state index in [2.05, 4.69) is 10.3 Å². The Hall–Kier alpha value is -2.30. The molecule has 0 atom stereocenters. The van der Waals surface area contributed by atoms with Gasteiger partial charge in [0.15, 0.2) is 0 Å². The van der Waals surface area contributed by atoms with E-state index in [0.29, 0.717) is 11.2 Å². The number of fused-ring (bicyclic) bond motifs is 1. The van der Waals surface area contributed by atoms with Gasteiger partial charge in [0.25, 0.3) is 5.56 Å². The maximum Gasteiger partial charge on any atom is 0.257 e. The number of carbonyl (C=O) groups excluding carboxylic acids is 1. The van der Waals surface area contributed by atoms with Gasteiger partial charge in [-0.1, -0.05) is 18.2 Å². The molecule has 0 saturated heterocycles. The minimum Gasteiger partial charge on any atom is -0.368 e. The Kier molecular flexibility index (Phi) is 2.59. The number of pyridine rings is 1. The topological polar surface area (TPSA) is 88.0 Å². The fraction of sp³-hybridized carbons (Fsp3) is 0.0909. The largest absolute Gasteiger partial charge is 0.368 e. The fourth-order valence-corrected chi connectivity index (χ4v) is 1.49. The summed E-state index contributed by atoms with van der Waals surface area (Å²) in [6, 6.07) is 8.99. The summed E-state index contributed by atoms with van der Waals surface area (Å²) < 4.78 is 0. The van der Waals surface area contributed by atoms with Gasteiger partial charge in [-0.2, -0.15) is 0 Å². The zero-order valence-electron chi connectivity index (χ0n) is 8.49. The van der Waals surface area contributed by atoms with Gasteiger partial charge in [-0.05, 0) is 17.5 Å². The average molecular weight is 217 g/mol. The molecular formula is C11H11N3O2. The molecule has 2 rings (SSSR count). The quantitative estimate of drug-likeness (QED) is 0.696. The number of H-pyrrole nitrogens is 1. The van der Waals surface area contributed by atoms with Gasteiger partial charge in [-0.3, -0.25) is 9.59 Å². The number of carbonyl (C=O) groups is 1. The molecule has 0 radical (unpaired) electrons. The highest BCUT2D eigenvalue weighted by Crippen LogP contribution is 2.12. The Morgan fingerprint density at radius 3 is 2.88 bits per heavy atom. The van der Waals surface area contributed by atoms with Crippen LogP contribution in [0.1, 0.15) is 0 Å². The van der Waals surface area contributed by atoms with E-state index >= 15 is 0 Å². The molecule has 0 bridgehead atoms. The van der Waals surface area contributed by atoms with Crippen molar-refractivity contribution >= 4 is 22.5 Å². The fourth-order valence-electron chi connectivity index (χ4n) is 1.49. The van der Waals surface area contributed by atoms with Crippen molar-refractivity contribution in [3.63, 3.8) is 0 Å². The third kappa shape index (κ3) is 2.03. The van der Waals surface area contributed by atoms with E-state index in [4.69, 9.17) is 5.73 Å². The van der Waals surface area contributed by atoms with Gasteiger partial charge < -0.3 is 16.0 Å². The van der Waals surface area contributed by atoms with Crippen molar-refractivity contribution in [1.82, 2.24) is 4.98 Å². The highest BCUT2D eigenvalue weighted by atomic mass is 16.1. The molecular weight excluding hydrogens is 206 g/mol. The number of anilines is 1. The monoisotopic (exact) mass is 217 g/mol. The number of nitrogens with two attached hydrogens (primary N) is 1. The second-order valence-electron chi connectivity index (χ2n) is 3.42. The van der Waals surface area contributed by atoms with Crippen molar-refractivity contribution in [2.75, 3.05) is 11.9 Å². The molecule has 82 valence electrons. The summed E-state index contributed by atoms with van der Waals surface area (Å²) in [6.07, 6.45) is 0. The van der Waals surface area contributed by atoms with Crippen LogP contribution in [0.5, 0.6) is 0 Å². The summed E-state index contributed by atoms with van der Waals surface area (Å²) in [4.78, 5) is 24.9. The number of benzene rings is 1. The third-order valence-electron chi connectivity index (χ3n) is 2.21. The minimum absolute atomic E-state index is 0.00567. The molecule has 1 aromatic carbocycles. The predicted octanol–water partition coefficient (Wildman–Crippen LogP) is 0.425. The molecule has 2 aromatic rings. The Morgan fingerprint density at radius 2 is 2.12 bits per heavy atom.